The quantitative estimate of drug-likeness (QED) is 0.144. The SMILES string of the molecule is CCOCCn1c(NC2CCN(CCC(CN(C)C(=O)c3ccc(C(C)(C)C)cc3)c3ccc(Cl)c(Cl)c3)CC2)nc2ccccc21. The van der Waals surface area contributed by atoms with E-state index in [1.165, 1.54) is 5.56 Å². The molecular formula is C38H49Cl2N5O2. The van der Waals surface area contributed by atoms with Gasteiger partial charge in [-0.05, 0) is 85.7 Å². The molecule has 1 aliphatic heterocycles. The highest BCUT2D eigenvalue weighted by Crippen LogP contribution is 2.30. The Morgan fingerprint density at radius 1 is 1.02 bits per heavy atom. The molecule has 7 nitrogen and oxygen atoms in total. The number of amides is 1. The second kappa shape index (κ2) is 15.9. The Morgan fingerprint density at radius 2 is 1.74 bits per heavy atom. The summed E-state index contributed by atoms with van der Waals surface area (Å²) in [6, 6.07) is 22.5. The number of carbonyl (C=O) groups is 1. The van der Waals surface area contributed by atoms with Crippen molar-refractivity contribution < 1.29 is 9.53 Å². The number of nitrogens with one attached hydrogen (secondary N) is 1. The van der Waals surface area contributed by atoms with Gasteiger partial charge in [-0.25, -0.2) is 4.98 Å². The third-order valence-electron chi connectivity index (χ3n) is 9.29. The Bertz CT molecular complexity index is 1620. The van der Waals surface area contributed by atoms with Crippen molar-refractivity contribution >= 4 is 46.1 Å². The molecule has 0 radical (unpaired) electrons. The Hall–Kier alpha value is -3.10. The molecule has 1 saturated heterocycles. The molecule has 1 unspecified atom stereocenters. The molecular weight excluding hydrogens is 629 g/mol. The van der Waals surface area contributed by atoms with Crippen LogP contribution in [-0.2, 0) is 16.7 Å². The summed E-state index contributed by atoms with van der Waals surface area (Å²) in [5.74, 6) is 1.06. The molecule has 1 fully saturated rings. The summed E-state index contributed by atoms with van der Waals surface area (Å²) in [7, 11) is 1.89. The van der Waals surface area contributed by atoms with E-state index < -0.39 is 0 Å². The van der Waals surface area contributed by atoms with Crippen molar-refractivity contribution in [3.05, 3.63) is 93.5 Å². The van der Waals surface area contributed by atoms with Crippen LogP contribution in [0.1, 0.15) is 74.4 Å². The Morgan fingerprint density at radius 3 is 2.43 bits per heavy atom. The van der Waals surface area contributed by atoms with Crippen LogP contribution in [0, 0.1) is 0 Å². The van der Waals surface area contributed by atoms with Gasteiger partial charge in [-0.3, -0.25) is 4.79 Å². The number of hydrogen-bond donors (Lipinski definition) is 1. The fraction of sp³-hybridized carbons (Fsp3) is 0.474. The van der Waals surface area contributed by atoms with Gasteiger partial charge < -0.3 is 24.4 Å². The summed E-state index contributed by atoms with van der Waals surface area (Å²) in [5, 5.41) is 4.83. The van der Waals surface area contributed by atoms with E-state index in [4.69, 9.17) is 32.9 Å². The minimum Gasteiger partial charge on any atom is -0.380 e. The number of nitrogens with zero attached hydrogens (tertiary/aromatic N) is 4. The molecule has 5 rings (SSSR count). The topological polar surface area (TPSA) is 62.6 Å². The van der Waals surface area contributed by atoms with Crippen LogP contribution in [0.15, 0.2) is 66.7 Å². The zero-order valence-corrected chi connectivity index (χ0v) is 29.9. The van der Waals surface area contributed by atoms with Crippen molar-refractivity contribution in [1.29, 1.82) is 0 Å². The summed E-state index contributed by atoms with van der Waals surface area (Å²) in [5.41, 5.74) is 5.19. The molecule has 252 valence electrons. The fourth-order valence-electron chi connectivity index (χ4n) is 6.41. The summed E-state index contributed by atoms with van der Waals surface area (Å²) in [6.45, 7) is 14.2. The van der Waals surface area contributed by atoms with Crippen LogP contribution in [0.25, 0.3) is 11.0 Å². The van der Waals surface area contributed by atoms with Gasteiger partial charge in [0.2, 0.25) is 5.95 Å². The van der Waals surface area contributed by atoms with Gasteiger partial charge in [-0.15, -0.1) is 0 Å². The van der Waals surface area contributed by atoms with Gasteiger partial charge in [0.05, 0.1) is 27.7 Å². The zero-order valence-electron chi connectivity index (χ0n) is 28.4. The maximum absolute atomic E-state index is 13.5. The van der Waals surface area contributed by atoms with Crippen molar-refractivity contribution in [2.24, 2.45) is 0 Å². The number of hydrogen-bond acceptors (Lipinski definition) is 5. The van der Waals surface area contributed by atoms with Crippen molar-refractivity contribution in [1.82, 2.24) is 19.4 Å². The molecule has 9 heteroatoms. The molecule has 1 aliphatic rings. The number of anilines is 1. The normalized spacial score (nSPS) is 15.2. The first-order valence-corrected chi connectivity index (χ1v) is 17.6. The monoisotopic (exact) mass is 677 g/mol. The van der Waals surface area contributed by atoms with Crippen molar-refractivity contribution in [2.45, 2.75) is 70.9 Å². The second-order valence-corrected chi connectivity index (χ2v) is 14.5. The van der Waals surface area contributed by atoms with Gasteiger partial charge >= 0.3 is 0 Å². The molecule has 3 aromatic carbocycles. The Kier molecular flexibility index (Phi) is 11.9. The van der Waals surface area contributed by atoms with E-state index in [1.807, 2.05) is 55.3 Å². The van der Waals surface area contributed by atoms with Crippen LogP contribution in [0.2, 0.25) is 10.0 Å². The van der Waals surface area contributed by atoms with E-state index in [0.29, 0.717) is 41.4 Å². The Balaban J connectivity index is 1.20. The molecule has 0 saturated carbocycles. The predicted molar refractivity (Wildman–Crippen MR) is 195 cm³/mol. The molecule has 0 bridgehead atoms. The van der Waals surface area contributed by atoms with Crippen LogP contribution >= 0.6 is 23.2 Å². The van der Waals surface area contributed by atoms with Crippen molar-refractivity contribution in [2.75, 3.05) is 51.8 Å². The van der Waals surface area contributed by atoms with E-state index in [-0.39, 0.29) is 17.2 Å². The largest absolute Gasteiger partial charge is 0.380 e. The van der Waals surface area contributed by atoms with Crippen LogP contribution in [-0.4, -0.2) is 77.7 Å². The van der Waals surface area contributed by atoms with Gasteiger partial charge in [-0.1, -0.05) is 74.3 Å². The number of likely N-dealkylation sites (N-methyl/N-ethyl adjacent to an activating group) is 1. The third-order valence-corrected chi connectivity index (χ3v) is 10.0. The highest BCUT2D eigenvalue weighted by Gasteiger charge is 2.25. The van der Waals surface area contributed by atoms with Gasteiger partial charge in [0, 0.05) is 57.4 Å². The van der Waals surface area contributed by atoms with Gasteiger partial charge in [0.15, 0.2) is 0 Å². The highest BCUT2D eigenvalue weighted by molar-refractivity contribution is 6.42. The minimum atomic E-state index is 0.0229. The number of fused-ring (bicyclic) bond motifs is 1. The summed E-state index contributed by atoms with van der Waals surface area (Å²) in [4.78, 5) is 22.8. The number of aromatic nitrogens is 2. The van der Waals surface area contributed by atoms with E-state index in [1.54, 1.807) is 0 Å². The number of para-hydroxylation sites is 2. The van der Waals surface area contributed by atoms with Crippen molar-refractivity contribution in [3.8, 4) is 0 Å². The summed E-state index contributed by atoms with van der Waals surface area (Å²) in [6.07, 6.45) is 2.98. The van der Waals surface area contributed by atoms with Gasteiger partial charge in [0.1, 0.15) is 0 Å². The molecule has 47 heavy (non-hydrogen) atoms. The van der Waals surface area contributed by atoms with Crippen LogP contribution < -0.4 is 5.32 Å². The number of imidazole rings is 1. The minimum absolute atomic E-state index is 0.0229. The maximum atomic E-state index is 13.5. The molecule has 4 aromatic rings. The lowest BCUT2D eigenvalue weighted by atomic mass is 9.86. The number of ether oxygens (including phenoxy) is 1. The number of rotatable bonds is 13. The van der Waals surface area contributed by atoms with E-state index in [9.17, 15) is 4.79 Å². The first kappa shape index (κ1) is 35.2. The number of likely N-dealkylation sites (tertiary alicyclic amines) is 1. The van der Waals surface area contributed by atoms with Gasteiger partial charge in [0.25, 0.3) is 5.91 Å². The van der Waals surface area contributed by atoms with E-state index >= 15 is 0 Å². The Labute approximate surface area is 290 Å². The number of halogens is 2. The van der Waals surface area contributed by atoms with E-state index in [0.717, 1.165) is 68.0 Å². The molecule has 0 spiro atoms. The first-order chi connectivity index (χ1) is 22.5. The van der Waals surface area contributed by atoms with Crippen LogP contribution in [0.3, 0.4) is 0 Å². The number of piperidine rings is 1. The fourth-order valence-corrected chi connectivity index (χ4v) is 6.72. The van der Waals surface area contributed by atoms with E-state index in [2.05, 4.69) is 65.9 Å². The molecule has 1 aromatic heterocycles. The lowest BCUT2D eigenvalue weighted by Gasteiger charge is -2.34. The van der Waals surface area contributed by atoms with Crippen molar-refractivity contribution in [3.63, 3.8) is 0 Å². The molecule has 1 atom stereocenters. The number of benzene rings is 3. The first-order valence-electron chi connectivity index (χ1n) is 16.9. The summed E-state index contributed by atoms with van der Waals surface area (Å²) < 4.78 is 7.91. The molecule has 0 aliphatic carbocycles. The second-order valence-electron chi connectivity index (χ2n) is 13.7. The molecule has 1 N–H and O–H groups in total. The lowest BCUT2D eigenvalue weighted by Crippen LogP contribution is -2.40. The predicted octanol–water partition coefficient (Wildman–Crippen LogP) is 8.50. The average Bonchev–Trinajstić information content (AvgIpc) is 3.41. The standard InChI is InChI=1S/C38H49Cl2N5O2/c1-6-47-24-23-45-35-10-8-7-9-34(35)42-37(45)41-31-18-21-44(22-19-31)20-17-29(28-13-16-32(39)33(40)25-28)26-43(5)36(46)27-11-14-30(15-12-27)38(2,3)4/h7-16,25,29,31H,6,17-24,26H2,1-5H3,(H,41,42). The number of carbonyl (C=O) groups excluding carboxylic acids is 1. The maximum Gasteiger partial charge on any atom is 0.253 e. The lowest BCUT2D eigenvalue weighted by molar-refractivity contribution is 0.0781. The van der Waals surface area contributed by atoms with Crippen LogP contribution in [0.5, 0.6) is 0 Å². The zero-order chi connectivity index (χ0) is 33.6. The third kappa shape index (κ3) is 9.08. The average molecular weight is 679 g/mol. The molecule has 2 heterocycles. The molecule has 1 amide bonds. The van der Waals surface area contributed by atoms with Crippen LogP contribution in [0.4, 0.5) is 5.95 Å². The smallest absolute Gasteiger partial charge is 0.253 e. The van der Waals surface area contributed by atoms with Gasteiger partial charge in [-0.2, -0.15) is 0 Å². The summed E-state index contributed by atoms with van der Waals surface area (Å²) >= 11 is 12.7. The highest BCUT2D eigenvalue weighted by atomic mass is 35.5.